The Hall–Kier alpha value is -1.20. The highest BCUT2D eigenvalue weighted by Gasteiger charge is 2.30. The second kappa shape index (κ2) is 5.63. The molecule has 1 amide bonds. The molecule has 1 atom stereocenters. The number of likely N-dealkylation sites (N-methyl/N-ethyl adjacent to an activating group) is 1. The lowest BCUT2D eigenvalue weighted by molar-refractivity contribution is -0.126. The molecule has 1 heterocycles. The van der Waals surface area contributed by atoms with Crippen molar-refractivity contribution in [1.82, 2.24) is 9.88 Å². The molecule has 18 heavy (non-hydrogen) atoms. The molecule has 98 valence electrons. The molecule has 1 fully saturated rings. The topological polar surface area (TPSA) is 53.4 Å². The second-order valence-corrected chi connectivity index (χ2v) is 6.00. The Morgan fingerprint density at radius 3 is 3.00 bits per heavy atom. The number of carbonyl (C=O) groups excluding carboxylic acids is 1. The molecular formula is C13H18N2O2S. The SMILES string of the molecule is Cc1ncc(C=CC(=O)N(C)CC(O)C2CC2)s1. The van der Waals surface area contributed by atoms with Crippen LogP contribution in [0.1, 0.15) is 22.7 Å². The predicted molar refractivity (Wildman–Crippen MR) is 72.3 cm³/mol. The van der Waals surface area contributed by atoms with Crippen LogP contribution in [0.25, 0.3) is 6.08 Å². The number of aliphatic hydroxyl groups excluding tert-OH is 1. The van der Waals surface area contributed by atoms with Crippen molar-refractivity contribution in [3.8, 4) is 0 Å². The standard InChI is InChI=1S/C13H18N2O2S/c1-9-14-7-11(18-9)5-6-13(17)15(2)8-12(16)10-3-4-10/h5-7,10,12,16H,3-4,8H2,1-2H3. The van der Waals surface area contributed by atoms with Crippen molar-refractivity contribution in [1.29, 1.82) is 0 Å². The molecule has 1 saturated carbocycles. The minimum Gasteiger partial charge on any atom is -0.391 e. The monoisotopic (exact) mass is 266 g/mol. The lowest BCUT2D eigenvalue weighted by Crippen LogP contribution is -2.34. The van der Waals surface area contributed by atoms with E-state index < -0.39 is 0 Å². The quantitative estimate of drug-likeness (QED) is 0.825. The van der Waals surface area contributed by atoms with Crippen LogP contribution in [0.2, 0.25) is 0 Å². The third-order valence-corrected chi connectivity index (χ3v) is 3.91. The normalized spacial score (nSPS) is 17.1. The van der Waals surface area contributed by atoms with Crippen LogP contribution >= 0.6 is 11.3 Å². The number of amides is 1. The van der Waals surface area contributed by atoms with Gasteiger partial charge in [-0.25, -0.2) is 4.98 Å². The molecule has 1 aliphatic rings. The summed E-state index contributed by atoms with van der Waals surface area (Å²) >= 11 is 1.55. The van der Waals surface area contributed by atoms with Gasteiger partial charge in [-0.3, -0.25) is 4.79 Å². The smallest absolute Gasteiger partial charge is 0.246 e. The maximum Gasteiger partial charge on any atom is 0.246 e. The van der Waals surface area contributed by atoms with Crippen molar-refractivity contribution < 1.29 is 9.90 Å². The summed E-state index contributed by atoms with van der Waals surface area (Å²) in [4.78, 5) is 18.5. The van der Waals surface area contributed by atoms with Crippen molar-refractivity contribution in [2.24, 2.45) is 5.92 Å². The number of carbonyl (C=O) groups is 1. The zero-order valence-corrected chi connectivity index (χ0v) is 11.5. The van der Waals surface area contributed by atoms with E-state index in [4.69, 9.17) is 0 Å². The molecular weight excluding hydrogens is 248 g/mol. The van der Waals surface area contributed by atoms with Gasteiger partial charge < -0.3 is 10.0 Å². The molecule has 0 saturated heterocycles. The minimum absolute atomic E-state index is 0.0826. The minimum atomic E-state index is -0.377. The average molecular weight is 266 g/mol. The van der Waals surface area contributed by atoms with Gasteiger partial charge in [0.05, 0.1) is 11.1 Å². The lowest BCUT2D eigenvalue weighted by atomic mass is 10.2. The fraction of sp³-hybridized carbons (Fsp3) is 0.538. The number of thiazole rings is 1. The van der Waals surface area contributed by atoms with Crippen LogP contribution in [-0.4, -0.2) is 40.6 Å². The Morgan fingerprint density at radius 2 is 2.44 bits per heavy atom. The molecule has 0 aliphatic heterocycles. The zero-order chi connectivity index (χ0) is 13.1. The fourth-order valence-corrected chi connectivity index (χ4v) is 2.42. The molecule has 2 rings (SSSR count). The molecule has 1 unspecified atom stereocenters. The first kappa shape index (κ1) is 13.2. The Bertz CT molecular complexity index is 452. The van der Waals surface area contributed by atoms with E-state index in [2.05, 4.69) is 4.98 Å². The molecule has 0 spiro atoms. The summed E-state index contributed by atoms with van der Waals surface area (Å²) in [6, 6.07) is 0. The summed E-state index contributed by atoms with van der Waals surface area (Å²) in [5.41, 5.74) is 0. The number of aromatic nitrogens is 1. The molecule has 1 aromatic heterocycles. The van der Waals surface area contributed by atoms with Gasteiger partial charge in [0.2, 0.25) is 5.91 Å². The first-order valence-electron chi connectivity index (χ1n) is 6.10. The first-order chi connectivity index (χ1) is 8.56. The highest BCUT2D eigenvalue weighted by Crippen LogP contribution is 2.32. The van der Waals surface area contributed by atoms with Crippen LogP contribution in [0, 0.1) is 12.8 Å². The van der Waals surface area contributed by atoms with Gasteiger partial charge >= 0.3 is 0 Å². The summed E-state index contributed by atoms with van der Waals surface area (Å²) in [5.74, 6) is 0.314. The van der Waals surface area contributed by atoms with Crippen LogP contribution in [0.4, 0.5) is 0 Å². The molecule has 0 radical (unpaired) electrons. The highest BCUT2D eigenvalue weighted by atomic mass is 32.1. The van der Waals surface area contributed by atoms with Crippen molar-refractivity contribution in [2.45, 2.75) is 25.9 Å². The number of hydrogen-bond donors (Lipinski definition) is 1. The van der Waals surface area contributed by atoms with E-state index in [1.165, 1.54) is 6.08 Å². The van der Waals surface area contributed by atoms with Gasteiger partial charge in [-0.2, -0.15) is 0 Å². The molecule has 4 nitrogen and oxygen atoms in total. The Morgan fingerprint density at radius 1 is 1.72 bits per heavy atom. The molecule has 5 heteroatoms. The summed E-state index contributed by atoms with van der Waals surface area (Å²) in [7, 11) is 1.72. The first-order valence-corrected chi connectivity index (χ1v) is 6.91. The average Bonchev–Trinajstić information content (AvgIpc) is 3.10. The van der Waals surface area contributed by atoms with E-state index in [1.807, 2.05) is 6.92 Å². The van der Waals surface area contributed by atoms with Crippen LogP contribution in [0.3, 0.4) is 0 Å². The van der Waals surface area contributed by atoms with Crippen LogP contribution in [-0.2, 0) is 4.79 Å². The lowest BCUT2D eigenvalue weighted by Gasteiger charge is -2.19. The van der Waals surface area contributed by atoms with Gasteiger partial charge in [-0.1, -0.05) is 0 Å². The second-order valence-electron chi connectivity index (χ2n) is 4.74. The third kappa shape index (κ3) is 3.65. The van der Waals surface area contributed by atoms with E-state index >= 15 is 0 Å². The van der Waals surface area contributed by atoms with E-state index in [1.54, 1.807) is 35.6 Å². The van der Waals surface area contributed by atoms with E-state index in [9.17, 15) is 9.90 Å². The molecule has 1 aliphatic carbocycles. The summed E-state index contributed by atoms with van der Waals surface area (Å²) in [5, 5.41) is 10.8. The van der Waals surface area contributed by atoms with E-state index in [-0.39, 0.29) is 12.0 Å². The highest BCUT2D eigenvalue weighted by molar-refractivity contribution is 7.12. The largest absolute Gasteiger partial charge is 0.391 e. The van der Waals surface area contributed by atoms with Crippen molar-refractivity contribution in [2.75, 3.05) is 13.6 Å². The van der Waals surface area contributed by atoms with Gasteiger partial charge in [0.1, 0.15) is 0 Å². The summed E-state index contributed by atoms with van der Waals surface area (Å²) in [6.45, 7) is 2.34. The Balaban J connectivity index is 1.84. The van der Waals surface area contributed by atoms with Crippen LogP contribution in [0.5, 0.6) is 0 Å². The zero-order valence-electron chi connectivity index (χ0n) is 10.7. The maximum absolute atomic E-state index is 11.8. The van der Waals surface area contributed by atoms with Crippen LogP contribution < -0.4 is 0 Å². The van der Waals surface area contributed by atoms with Crippen molar-refractivity contribution in [3.05, 3.63) is 22.2 Å². The number of aryl methyl sites for hydroxylation is 1. The van der Waals surface area contributed by atoms with Gasteiger partial charge in [0.15, 0.2) is 0 Å². The Labute approximate surface area is 111 Å². The fourth-order valence-electron chi connectivity index (χ4n) is 1.74. The van der Waals surface area contributed by atoms with Gasteiger partial charge in [-0.05, 0) is 31.8 Å². The summed E-state index contributed by atoms with van der Waals surface area (Å²) < 4.78 is 0. The number of aliphatic hydroxyl groups is 1. The Kier molecular flexibility index (Phi) is 4.14. The van der Waals surface area contributed by atoms with Gasteiger partial charge in [0, 0.05) is 30.7 Å². The van der Waals surface area contributed by atoms with Gasteiger partial charge in [0.25, 0.3) is 0 Å². The number of rotatable bonds is 5. The number of hydrogen-bond acceptors (Lipinski definition) is 4. The van der Waals surface area contributed by atoms with E-state index in [0.717, 1.165) is 22.7 Å². The third-order valence-electron chi connectivity index (χ3n) is 3.03. The number of nitrogens with zero attached hydrogens (tertiary/aromatic N) is 2. The molecule has 1 N–H and O–H groups in total. The van der Waals surface area contributed by atoms with Crippen molar-refractivity contribution >= 4 is 23.3 Å². The van der Waals surface area contributed by atoms with E-state index in [0.29, 0.717) is 12.5 Å². The molecule has 0 aromatic carbocycles. The molecule has 1 aromatic rings. The van der Waals surface area contributed by atoms with Crippen LogP contribution in [0.15, 0.2) is 12.3 Å². The molecule has 0 bridgehead atoms. The van der Waals surface area contributed by atoms with Gasteiger partial charge in [-0.15, -0.1) is 11.3 Å². The summed E-state index contributed by atoms with van der Waals surface area (Å²) in [6.07, 6.45) is 6.85. The predicted octanol–water partition coefficient (Wildman–Crippen LogP) is 1.69. The van der Waals surface area contributed by atoms with Crippen molar-refractivity contribution in [3.63, 3.8) is 0 Å². The maximum atomic E-state index is 11.8.